The van der Waals surface area contributed by atoms with E-state index in [1.807, 2.05) is 57.2 Å². The van der Waals surface area contributed by atoms with Gasteiger partial charge < -0.3 is 10.6 Å². The van der Waals surface area contributed by atoms with Crippen molar-refractivity contribution >= 4 is 11.6 Å². The molecule has 0 aliphatic rings. The van der Waals surface area contributed by atoms with Crippen LogP contribution in [0.4, 0.5) is 5.69 Å². The first-order valence-electron chi connectivity index (χ1n) is 7.15. The van der Waals surface area contributed by atoms with Gasteiger partial charge in [0.25, 0.3) is 0 Å². The predicted molar refractivity (Wildman–Crippen MR) is 88.3 cm³/mol. The number of amides is 1. The van der Waals surface area contributed by atoms with Crippen molar-refractivity contribution in [2.45, 2.75) is 26.3 Å². The van der Waals surface area contributed by atoms with Crippen LogP contribution in [0.1, 0.15) is 20.8 Å². The first-order chi connectivity index (χ1) is 9.96. The molecule has 3 heteroatoms. The fourth-order valence-electron chi connectivity index (χ4n) is 2.14. The van der Waals surface area contributed by atoms with Gasteiger partial charge in [0.05, 0.1) is 6.54 Å². The summed E-state index contributed by atoms with van der Waals surface area (Å²) in [6.07, 6.45) is 0. The maximum atomic E-state index is 11.9. The van der Waals surface area contributed by atoms with E-state index in [-0.39, 0.29) is 18.0 Å². The monoisotopic (exact) mass is 282 g/mol. The number of benzene rings is 2. The Labute approximate surface area is 126 Å². The maximum Gasteiger partial charge on any atom is 0.239 e. The van der Waals surface area contributed by atoms with Crippen LogP contribution >= 0.6 is 0 Å². The van der Waals surface area contributed by atoms with Crippen molar-refractivity contribution in [3.05, 3.63) is 54.6 Å². The molecule has 0 aromatic heterocycles. The molecule has 1 amide bonds. The van der Waals surface area contributed by atoms with Crippen molar-refractivity contribution in [2.75, 3.05) is 11.9 Å². The largest absolute Gasteiger partial charge is 0.376 e. The molecule has 0 unspecified atom stereocenters. The van der Waals surface area contributed by atoms with Gasteiger partial charge in [-0.15, -0.1) is 0 Å². The van der Waals surface area contributed by atoms with Crippen molar-refractivity contribution in [1.82, 2.24) is 5.32 Å². The van der Waals surface area contributed by atoms with Crippen LogP contribution in [0.3, 0.4) is 0 Å². The van der Waals surface area contributed by atoms with Crippen LogP contribution in [0.5, 0.6) is 0 Å². The van der Waals surface area contributed by atoms with E-state index < -0.39 is 0 Å². The molecule has 0 bridgehead atoms. The van der Waals surface area contributed by atoms with Crippen molar-refractivity contribution in [3.8, 4) is 11.1 Å². The summed E-state index contributed by atoms with van der Waals surface area (Å²) >= 11 is 0. The van der Waals surface area contributed by atoms with E-state index in [2.05, 4.69) is 28.8 Å². The number of rotatable bonds is 4. The fourth-order valence-corrected chi connectivity index (χ4v) is 2.14. The molecule has 21 heavy (non-hydrogen) atoms. The smallest absolute Gasteiger partial charge is 0.239 e. The molecule has 0 saturated carbocycles. The molecule has 0 aliphatic carbocycles. The Hall–Kier alpha value is -2.29. The lowest BCUT2D eigenvalue weighted by molar-refractivity contribution is -0.120. The van der Waals surface area contributed by atoms with Crippen molar-refractivity contribution in [3.63, 3.8) is 0 Å². The number of hydrogen-bond acceptors (Lipinski definition) is 2. The molecule has 0 radical (unpaired) electrons. The van der Waals surface area contributed by atoms with Crippen molar-refractivity contribution in [1.29, 1.82) is 0 Å². The molecule has 0 heterocycles. The zero-order chi connectivity index (χ0) is 15.3. The molecule has 2 N–H and O–H groups in total. The van der Waals surface area contributed by atoms with Gasteiger partial charge in [0.1, 0.15) is 0 Å². The Bertz CT molecular complexity index is 600. The van der Waals surface area contributed by atoms with Crippen LogP contribution in [-0.2, 0) is 4.79 Å². The highest BCUT2D eigenvalue weighted by molar-refractivity contribution is 5.84. The summed E-state index contributed by atoms with van der Waals surface area (Å²) in [5.74, 6) is -0.00892. The molecular weight excluding hydrogens is 260 g/mol. The standard InChI is InChI=1S/C18H22N2O/c1-18(2,3)20-17(21)13-19-16-12-8-7-11-15(16)14-9-5-4-6-10-14/h4-12,19H,13H2,1-3H3,(H,20,21). The van der Waals surface area contributed by atoms with Gasteiger partial charge in [0.15, 0.2) is 0 Å². The third kappa shape index (κ3) is 4.63. The van der Waals surface area contributed by atoms with Gasteiger partial charge in [-0.05, 0) is 32.4 Å². The maximum absolute atomic E-state index is 11.9. The molecule has 2 aromatic carbocycles. The van der Waals surface area contributed by atoms with Gasteiger partial charge in [-0.1, -0.05) is 48.5 Å². The molecule has 0 atom stereocenters. The van der Waals surface area contributed by atoms with Gasteiger partial charge in [0, 0.05) is 16.8 Å². The SMILES string of the molecule is CC(C)(C)NC(=O)CNc1ccccc1-c1ccccc1. The van der Waals surface area contributed by atoms with Crippen LogP contribution in [0, 0.1) is 0 Å². The molecule has 0 fully saturated rings. The highest BCUT2D eigenvalue weighted by atomic mass is 16.2. The summed E-state index contributed by atoms with van der Waals surface area (Å²) in [5, 5.41) is 6.17. The van der Waals surface area contributed by atoms with Crippen LogP contribution in [-0.4, -0.2) is 18.0 Å². The lowest BCUT2D eigenvalue weighted by Crippen LogP contribution is -2.43. The number of hydrogen-bond donors (Lipinski definition) is 2. The van der Waals surface area contributed by atoms with E-state index in [1.54, 1.807) is 0 Å². The molecule has 110 valence electrons. The second-order valence-electron chi connectivity index (χ2n) is 6.06. The van der Waals surface area contributed by atoms with Gasteiger partial charge in [-0.3, -0.25) is 4.79 Å². The van der Waals surface area contributed by atoms with E-state index in [1.165, 1.54) is 0 Å². The molecule has 2 rings (SSSR count). The third-order valence-corrected chi connectivity index (χ3v) is 2.97. The second-order valence-corrected chi connectivity index (χ2v) is 6.06. The number of para-hydroxylation sites is 1. The second kappa shape index (κ2) is 6.44. The summed E-state index contributed by atoms with van der Waals surface area (Å²) < 4.78 is 0. The Morgan fingerprint density at radius 2 is 1.57 bits per heavy atom. The summed E-state index contributed by atoms with van der Waals surface area (Å²) in [5.41, 5.74) is 2.99. The summed E-state index contributed by atoms with van der Waals surface area (Å²) in [6, 6.07) is 18.2. The topological polar surface area (TPSA) is 41.1 Å². The van der Waals surface area contributed by atoms with Gasteiger partial charge in [-0.2, -0.15) is 0 Å². The van der Waals surface area contributed by atoms with E-state index >= 15 is 0 Å². The highest BCUT2D eigenvalue weighted by Gasteiger charge is 2.13. The quantitative estimate of drug-likeness (QED) is 0.898. The normalized spacial score (nSPS) is 11.0. The number of nitrogens with one attached hydrogen (secondary N) is 2. The third-order valence-electron chi connectivity index (χ3n) is 2.97. The lowest BCUT2D eigenvalue weighted by atomic mass is 10.0. The Kier molecular flexibility index (Phi) is 4.63. The first kappa shape index (κ1) is 15.1. The minimum Gasteiger partial charge on any atom is -0.376 e. The van der Waals surface area contributed by atoms with E-state index in [0.717, 1.165) is 16.8 Å². The van der Waals surface area contributed by atoms with Crippen LogP contribution in [0.15, 0.2) is 54.6 Å². The van der Waals surface area contributed by atoms with Crippen LogP contribution in [0.2, 0.25) is 0 Å². The number of anilines is 1. The number of carbonyl (C=O) groups excluding carboxylic acids is 1. The van der Waals surface area contributed by atoms with Crippen LogP contribution in [0.25, 0.3) is 11.1 Å². The molecule has 3 nitrogen and oxygen atoms in total. The molecule has 0 aliphatic heterocycles. The summed E-state index contributed by atoms with van der Waals surface area (Å²) in [4.78, 5) is 11.9. The van der Waals surface area contributed by atoms with Crippen LogP contribution < -0.4 is 10.6 Å². The van der Waals surface area contributed by atoms with Gasteiger partial charge in [-0.25, -0.2) is 0 Å². The lowest BCUT2D eigenvalue weighted by Gasteiger charge is -2.21. The molecular formula is C18H22N2O. The zero-order valence-corrected chi connectivity index (χ0v) is 12.8. The Balaban J connectivity index is 2.10. The minimum absolute atomic E-state index is 0.00892. The Morgan fingerprint density at radius 1 is 0.952 bits per heavy atom. The fraction of sp³-hybridized carbons (Fsp3) is 0.278. The molecule has 0 spiro atoms. The highest BCUT2D eigenvalue weighted by Crippen LogP contribution is 2.27. The van der Waals surface area contributed by atoms with Gasteiger partial charge >= 0.3 is 0 Å². The van der Waals surface area contributed by atoms with E-state index in [4.69, 9.17) is 0 Å². The average molecular weight is 282 g/mol. The predicted octanol–water partition coefficient (Wildman–Crippen LogP) is 3.68. The van der Waals surface area contributed by atoms with Gasteiger partial charge in [0.2, 0.25) is 5.91 Å². The van der Waals surface area contributed by atoms with Crippen molar-refractivity contribution in [2.24, 2.45) is 0 Å². The van der Waals surface area contributed by atoms with E-state index in [9.17, 15) is 4.79 Å². The first-order valence-corrected chi connectivity index (χ1v) is 7.15. The summed E-state index contributed by atoms with van der Waals surface area (Å²) in [7, 11) is 0. The zero-order valence-electron chi connectivity index (χ0n) is 12.8. The molecule has 2 aromatic rings. The average Bonchev–Trinajstić information content (AvgIpc) is 2.45. The van der Waals surface area contributed by atoms with Crippen molar-refractivity contribution < 1.29 is 4.79 Å². The Morgan fingerprint density at radius 3 is 2.24 bits per heavy atom. The number of carbonyl (C=O) groups is 1. The van der Waals surface area contributed by atoms with E-state index in [0.29, 0.717) is 0 Å². The summed E-state index contributed by atoms with van der Waals surface area (Å²) in [6.45, 7) is 6.19. The minimum atomic E-state index is -0.211. The molecule has 0 saturated heterocycles.